The molecule has 1 N–H and O–H groups in total. The van der Waals surface area contributed by atoms with Gasteiger partial charge in [-0.1, -0.05) is 6.07 Å². The van der Waals surface area contributed by atoms with Gasteiger partial charge in [-0.15, -0.1) is 0 Å². The number of carbonyl (C=O) groups excluding carboxylic acids is 1. The lowest BCUT2D eigenvalue weighted by Crippen LogP contribution is -2.52. The summed E-state index contributed by atoms with van der Waals surface area (Å²) in [5.41, 5.74) is 2.33. The highest BCUT2D eigenvalue weighted by atomic mass is 19.1. The lowest BCUT2D eigenvalue weighted by Gasteiger charge is -2.40. The van der Waals surface area contributed by atoms with Gasteiger partial charge in [0.05, 0.1) is 56.2 Å². The maximum Gasteiger partial charge on any atom is 0.411 e. The molecule has 2 amide bonds. The maximum atomic E-state index is 13.0. The Balaban J connectivity index is 1.69. The highest BCUT2D eigenvalue weighted by Gasteiger charge is 2.36. The molecule has 4 rings (SSSR count). The minimum absolute atomic E-state index is 0.0616. The molecule has 2 aromatic rings. The van der Waals surface area contributed by atoms with Gasteiger partial charge in [0.15, 0.2) is 0 Å². The summed E-state index contributed by atoms with van der Waals surface area (Å²) < 4.78 is 32.9. The fraction of sp³-hybridized carbons (Fsp3) is 0.476. The first-order valence-corrected chi connectivity index (χ1v) is 10.1. The predicted octanol–water partition coefficient (Wildman–Crippen LogP) is 3.29. The molecule has 1 saturated heterocycles. The van der Waals surface area contributed by atoms with Gasteiger partial charge < -0.3 is 14.7 Å². The summed E-state index contributed by atoms with van der Waals surface area (Å²) in [5.74, 6) is -1.43. The van der Waals surface area contributed by atoms with E-state index in [-0.39, 0.29) is 19.0 Å². The zero-order valence-electron chi connectivity index (χ0n) is 17.1. The molecule has 0 spiro atoms. The summed E-state index contributed by atoms with van der Waals surface area (Å²) in [4.78, 5) is 27.4. The second kappa shape index (κ2) is 8.62. The number of carboxylic acid groups (broad SMARTS) is 1. The van der Waals surface area contributed by atoms with Crippen molar-refractivity contribution in [3.05, 3.63) is 30.6 Å². The number of alkyl halides is 2. The minimum Gasteiger partial charge on any atom is -0.465 e. The van der Waals surface area contributed by atoms with Gasteiger partial charge in [-0.2, -0.15) is 5.10 Å². The van der Waals surface area contributed by atoms with Crippen LogP contribution < -0.4 is 9.80 Å². The summed E-state index contributed by atoms with van der Waals surface area (Å²) in [6.07, 6.45) is 2.17. The first-order valence-electron chi connectivity index (χ1n) is 10.1. The molecule has 2 aliphatic rings. The van der Waals surface area contributed by atoms with Crippen LogP contribution in [-0.2, 0) is 9.53 Å². The number of rotatable bonds is 6. The summed E-state index contributed by atoms with van der Waals surface area (Å²) in [6.45, 7) is 1.14. The van der Waals surface area contributed by atoms with Crippen LogP contribution in [0.5, 0.6) is 0 Å². The van der Waals surface area contributed by atoms with Crippen LogP contribution in [-0.4, -0.2) is 66.0 Å². The van der Waals surface area contributed by atoms with Gasteiger partial charge in [0.2, 0.25) is 5.91 Å². The maximum absolute atomic E-state index is 13.0. The van der Waals surface area contributed by atoms with Crippen LogP contribution in [0.25, 0.3) is 11.1 Å². The average molecular weight is 434 g/mol. The molecule has 10 heteroatoms. The van der Waals surface area contributed by atoms with E-state index >= 15 is 0 Å². The first kappa shape index (κ1) is 21.2. The number of carbonyl (C=O) groups is 2. The van der Waals surface area contributed by atoms with Crippen molar-refractivity contribution in [2.75, 3.05) is 42.9 Å². The van der Waals surface area contributed by atoms with Crippen molar-refractivity contribution in [2.24, 2.45) is 5.92 Å². The highest BCUT2D eigenvalue weighted by Crippen LogP contribution is 2.39. The molecule has 1 aromatic heterocycles. The van der Waals surface area contributed by atoms with E-state index in [0.717, 1.165) is 11.1 Å². The van der Waals surface area contributed by atoms with E-state index in [1.165, 1.54) is 9.80 Å². The predicted molar refractivity (Wildman–Crippen MR) is 110 cm³/mol. The van der Waals surface area contributed by atoms with Crippen LogP contribution in [0.4, 0.5) is 25.0 Å². The van der Waals surface area contributed by atoms with Crippen LogP contribution in [0.1, 0.15) is 19.4 Å². The first-order chi connectivity index (χ1) is 14.9. The van der Waals surface area contributed by atoms with Gasteiger partial charge in [-0.25, -0.2) is 4.79 Å². The van der Waals surface area contributed by atoms with E-state index in [1.807, 2.05) is 10.9 Å². The summed E-state index contributed by atoms with van der Waals surface area (Å²) in [5, 5.41) is 14.1. The number of ether oxygens (including phenoxy) is 1. The lowest BCUT2D eigenvalue weighted by atomic mass is 10.0. The van der Waals surface area contributed by atoms with Gasteiger partial charge in [0.25, 0.3) is 0 Å². The van der Waals surface area contributed by atoms with Crippen LogP contribution >= 0.6 is 0 Å². The van der Waals surface area contributed by atoms with E-state index in [4.69, 9.17) is 4.74 Å². The minimum atomic E-state index is -1.13. The molecule has 0 radical (unpaired) electrons. The van der Waals surface area contributed by atoms with E-state index < -0.39 is 37.3 Å². The van der Waals surface area contributed by atoms with Crippen LogP contribution in [0.15, 0.2) is 30.6 Å². The Morgan fingerprint density at radius 2 is 1.97 bits per heavy atom. The van der Waals surface area contributed by atoms with Crippen molar-refractivity contribution in [3.8, 4) is 11.1 Å². The number of halogens is 2. The number of fused-ring (bicyclic) bond motifs is 1. The number of hydrogen-bond donors (Lipinski definition) is 1. The average Bonchev–Trinajstić information content (AvgIpc) is 3.18. The van der Waals surface area contributed by atoms with Crippen molar-refractivity contribution < 1.29 is 28.2 Å². The van der Waals surface area contributed by atoms with Crippen LogP contribution in [0, 0.1) is 5.92 Å². The number of benzene rings is 1. The fourth-order valence-corrected chi connectivity index (χ4v) is 3.92. The zero-order valence-corrected chi connectivity index (χ0v) is 17.1. The Hall–Kier alpha value is -3.01. The van der Waals surface area contributed by atoms with Crippen LogP contribution in [0.3, 0.4) is 0 Å². The molecule has 166 valence electrons. The van der Waals surface area contributed by atoms with Crippen molar-refractivity contribution in [2.45, 2.75) is 25.4 Å². The largest absolute Gasteiger partial charge is 0.465 e. The number of hydrogen-bond acceptors (Lipinski definition) is 4. The lowest BCUT2D eigenvalue weighted by molar-refractivity contribution is -0.120. The van der Waals surface area contributed by atoms with Crippen molar-refractivity contribution >= 4 is 23.4 Å². The highest BCUT2D eigenvalue weighted by molar-refractivity contribution is 6.03. The molecular weight excluding hydrogens is 410 g/mol. The van der Waals surface area contributed by atoms with Gasteiger partial charge in [0.1, 0.15) is 0 Å². The molecular formula is C21H24F2N4O4. The molecule has 3 heterocycles. The van der Waals surface area contributed by atoms with Crippen molar-refractivity contribution in [1.29, 1.82) is 0 Å². The molecule has 1 aromatic carbocycles. The molecule has 0 aliphatic carbocycles. The van der Waals surface area contributed by atoms with Crippen molar-refractivity contribution in [3.63, 3.8) is 0 Å². The molecule has 0 bridgehead atoms. The van der Waals surface area contributed by atoms with Gasteiger partial charge in [-0.3, -0.25) is 23.2 Å². The molecule has 8 nitrogen and oxygen atoms in total. The normalized spacial score (nSPS) is 18.8. The quantitative estimate of drug-likeness (QED) is 0.754. The Kier molecular flexibility index (Phi) is 5.90. The Morgan fingerprint density at radius 1 is 1.23 bits per heavy atom. The molecule has 31 heavy (non-hydrogen) atoms. The van der Waals surface area contributed by atoms with Gasteiger partial charge >= 0.3 is 6.09 Å². The standard InChI is InChI=1S/C21H24F2N4O4/c1-13-9-25(21(29)30)19-5-15(16-8-24-26(10-16)17-11-31-12-17)2-3-18(19)27(13)20(28)4-14(6-22)7-23/h2-3,5,8,10,13-14,17H,4,6-7,9,11-12H2,1H3,(H,29,30)/t13-/m0/s1. The Morgan fingerprint density at radius 3 is 2.58 bits per heavy atom. The SMILES string of the molecule is C[C@H]1CN(C(=O)O)c2cc(-c3cnn(C4COC4)c3)ccc2N1C(=O)CC(CF)CF. The van der Waals surface area contributed by atoms with Crippen molar-refractivity contribution in [1.82, 2.24) is 9.78 Å². The topological polar surface area (TPSA) is 87.9 Å². The molecule has 0 saturated carbocycles. The number of amides is 2. The van der Waals surface area contributed by atoms with E-state index in [9.17, 15) is 23.5 Å². The summed E-state index contributed by atoms with van der Waals surface area (Å²) in [7, 11) is 0. The van der Waals surface area contributed by atoms with Gasteiger partial charge in [0, 0.05) is 30.6 Å². The second-order valence-corrected chi connectivity index (χ2v) is 7.99. The Labute approximate surface area is 178 Å². The molecule has 2 aliphatic heterocycles. The smallest absolute Gasteiger partial charge is 0.411 e. The monoisotopic (exact) mass is 434 g/mol. The van der Waals surface area contributed by atoms with E-state index in [0.29, 0.717) is 24.6 Å². The Bertz CT molecular complexity index is 974. The number of anilines is 2. The second-order valence-electron chi connectivity index (χ2n) is 7.99. The molecule has 1 fully saturated rings. The van der Waals surface area contributed by atoms with E-state index in [1.54, 1.807) is 31.3 Å². The molecule has 0 unspecified atom stereocenters. The number of aromatic nitrogens is 2. The summed E-state index contributed by atoms with van der Waals surface area (Å²) in [6, 6.07) is 4.89. The third kappa shape index (κ3) is 3.99. The summed E-state index contributed by atoms with van der Waals surface area (Å²) >= 11 is 0. The third-order valence-corrected chi connectivity index (χ3v) is 5.74. The molecule has 1 atom stereocenters. The van der Waals surface area contributed by atoms with E-state index in [2.05, 4.69) is 5.10 Å². The fourth-order valence-electron chi connectivity index (χ4n) is 3.92. The third-order valence-electron chi connectivity index (χ3n) is 5.74. The van der Waals surface area contributed by atoms with Gasteiger partial charge in [-0.05, 0) is 24.6 Å². The number of nitrogens with zero attached hydrogens (tertiary/aromatic N) is 4. The zero-order chi connectivity index (χ0) is 22.1. The van der Waals surface area contributed by atoms with Crippen LogP contribution in [0.2, 0.25) is 0 Å².